The SMILES string of the molecule is O=C(CCn1cc(I)cn1)NCC1CC1. The highest BCUT2D eigenvalue weighted by atomic mass is 127. The maximum Gasteiger partial charge on any atom is 0.221 e. The molecule has 0 saturated heterocycles. The Hall–Kier alpha value is -0.590. The summed E-state index contributed by atoms with van der Waals surface area (Å²) in [5.41, 5.74) is 0. The molecule has 1 amide bonds. The number of aromatic nitrogens is 2. The molecule has 1 aromatic rings. The predicted octanol–water partition coefficient (Wildman–Crippen LogP) is 1.40. The van der Waals surface area contributed by atoms with Gasteiger partial charge in [-0.3, -0.25) is 9.48 Å². The fraction of sp³-hybridized carbons (Fsp3) is 0.600. The maximum atomic E-state index is 11.4. The highest BCUT2D eigenvalue weighted by molar-refractivity contribution is 14.1. The van der Waals surface area contributed by atoms with Crippen molar-refractivity contribution in [3.63, 3.8) is 0 Å². The van der Waals surface area contributed by atoms with E-state index in [0.29, 0.717) is 13.0 Å². The molecule has 15 heavy (non-hydrogen) atoms. The Kier molecular flexibility index (Phi) is 3.61. The molecule has 1 saturated carbocycles. The monoisotopic (exact) mass is 319 g/mol. The second-order valence-corrected chi connectivity index (χ2v) is 5.16. The third-order valence-electron chi connectivity index (χ3n) is 2.45. The van der Waals surface area contributed by atoms with Gasteiger partial charge in [-0.1, -0.05) is 0 Å². The summed E-state index contributed by atoms with van der Waals surface area (Å²) in [4.78, 5) is 11.4. The van der Waals surface area contributed by atoms with Gasteiger partial charge >= 0.3 is 0 Å². The average molecular weight is 319 g/mol. The largest absolute Gasteiger partial charge is 0.356 e. The van der Waals surface area contributed by atoms with E-state index in [9.17, 15) is 4.79 Å². The number of nitrogens with one attached hydrogen (secondary N) is 1. The minimum absolute atomic E-state index is 0.132. The van der Waals surface area contributed by atoms with Crippen molar-refractivity contribution in [2.45, 2.75) is 25.8 Å². The van der Waals surface area contributed by atoms with E-state index in [1.807, 2.05) is 6.20 Å². The highest BCUT2D eigenvalue weighted by Gasteiger charge is 2.21. The molecule has 1 heterocycles. The van der Waals surface area contributed by atoms with Gasteiger partial charge in [0.05, 0.1) is 9.77 Å². The number of hydrogen-bond donors (Lipinski definition) is 1. The summed E-state index contributed by atoms with van der Waals surface area (Å²) in [6.45, 7) is 1.52. The number of rotatable bonds is 5. The predicted molar refractivity (Wildman–Crippen MR) is 65.3 cm³/mol. The molecule has 5 heteroatoms. The Morgan fingerprint density at radius 3 is 3.07 bits per heavy atom. The van der Waals surface area contributed by atoms with E-state index in [1.165, 1.54) is 12.8 Å². The summed E-state index contributed by atoms with van der Waals surface area (Å²) in [5.74, 6) is 0.881. The second kappa shape index (κ2) is 4.96. The van der Waals surface area contributed by atoms with Crippen LogP contribution >= 0.6 is 22.6 Å². The Morgan fingerprint density at radius 2 is 2.47 bits per heavy atom. The first-order valence-corrected chi connectivity index (χ1v) is 6.26. The van der Waals surface area contributed by atoms with Gasteiger partial charge in [0.2, 0.25) is 5.91 Å². The molecule has 0 aromatic carbocycles. The molecular weight excluding hydrogens is 305 g/mol. The Bertz CT molecular complexity index is 346. The lowest BCUT2D eigenvalue weighted by atomic mass is 10.3. The van der Waals surface area contributed by atoms with Crippen LogP contribution < -0.4 is 5.32 Å². The highest BCUT2D eigenvalue weighted by Crippen LogP contribution is 2.27. The van der Waals surface area contributed by atoms with Gasteiger partial charge < -0.3 is 5.32 Å². The third kappa shape index (κ3) is 3.81. The standard InChI is InChI=1S/C10H14IN3O/c11-9-6-13-14(7-9)4-3-10(15)12-5-8-1-2-8/h6-8H,1-5H2,(H,12,15). The van der Waals surface area contributed by atoms with Crippen molar-refractivity contribution in [1.29, 1.82) is 0 Å². The first-order chi connectivity index (χ1) is 7.24. The Balaban J connectivity index is 1.65. The van der Waals surface area contributed by atoms with Crippen LogP contribution in [0.2, 0.25) is 0 Å². The molecule has 0 spiro atoms. The van der Waals surface area contributed by atoms with E-state index in [4.69, 9.17) is 0 Å². The van der Waals surface area contributed by atoms with Crippen molar-refractivity contribution in [1.82, 2.24) is 15.1 Å². The molecule has 1 aromatic heterocycles. The first kappa shape index (κ1) is 10.9. The van der Waals surface area contributed by atoms with Gasteiger partial charge in [0.25, 0.3) is 0 Å². The summed E-state index contributed by atoms with van der Waals surface area (Å²) in [6.07, 6.45) is 6.80. The molecule has 1 aliphatic rings. The van der Waals surface area contributed by atoms with Crippen molar-refractivity contribution in [2.24, 2.45) is 5.92 Å². The number of carbonyl (C=O) groups is 1. The molecule has 1 fully saturated rings. The minimum atomic E-state index is 0.132. The number of nitrogens with zero attached hydrogens (tertiary/aromatic N) is 2. The molecule has 82 valence electrons. The van der Waals surface area contributed by atoms with Gasteiger partial charge in [-0.05, 0) is 41.4 Å². The molecule has 4 nitrogen and oxygen atoms in total. The van der Waals surface area contributed by atoms with E-state index in [1.54, 1.807) is 10.9 Å². The Morgan fingerprint density at radius 1 is 1.67 bits per heavy atom. The zero-order chi connectivity index (χ0) is 10.7. The van der Waals surface area contributed by atoms with Crippen molar-refractivity contribution < 1.29 is 4.79 Å². The summed E-state index contributed by atoms with van der Waals surface area (Å²) in [6, 6.07) is 0. The van der Waals surface area contributed by atoms with Crippen LogP contribution in [0.5, 0.6) is 0 Å². The van der Waals surface area contributed by atoms with Crippen LogP contribution in [-0.4, -0.2) is 22.2 Å². The molecule has 1 aliphatic carbocycles. The Labute approximate surface area is 103 Å². The normalized spacial score (nSPS) is 15.3. The minimum Gasteiger partial charge on any atom is -0.356 e. The topological polar surface area (TPSA) is 46.9 Å². The van der Waals surface area contributed by atoms with Crippen molar-refractivity contribution >= 4 is 28.5 Å². The summed E-state index contributed by atoms with van der Waals surface area (Å²) in [7, 11) is 0. The lowest BCUT2D eigenvalue weighted by Gasteiger charge is -2.03. The van der Waals surface area contributed by atoms with E-state index < -0.39 is 0 Å². The van der Waals surface area contributed by atoms with Gasteiger partial charge in [-0.25, -0.2) is 0 Å². The van der Waals surface area contributed by atoms with Crippen LogP contribution in [0.3, 0.4) is 0 Å². The van der Waals surface area contributed by atoms with Crippen LogP contribution in [-0.2, 0) is 11.3 Å². The molecule has 0 aliphatic heterocycles. The summed E-state index contributed by atoms with van der Waals surface area (Å²) in [5, 5.41) is 7.06. The summed E-state index contributed by atoms with van der Waals surface area (Å²) >= 11 is 2.21. The number of amides is 1. The van der Waals surface area contributed by atoms with Crippen LogP contribution in [0.4, 0.5) is 0 Å². The number of carbonyl (C=O) groups excluding carboxylic acids is 1. The van der Waals surface area contributed by atoms with E-state index in [-0.39, 0.29) is 5.91 Å². The smallest absolute Gasteiger partial charge is 0.221 e. The molecular formula is C10H14IN3O. The first-order valence-electron chi connectivity index (χ1n) is 5.18. The number of hydrogen-bond acceptors (Lipinski definition) is 2. The molecule has 0 radical (unpaired) electrons. The van der Waals surface area contributed by atoms with Crippen molar-refractivity contribution in [3.8, 4) is 0 Å². The van der Waals surface area contributed by atoms with Crippen LogP contribution in [0.15, 0.2) is 12.4 Å². The van der Waals surface area contributed by atoms with Crippen LogP contribution in [0.25, 0.3) is 0 Å². The fourth-order valence-corrected chi connectivity index (χ4v) is 1.79. The quantitative estimate of drug-likeness (QED) is 0.834. The van der Waals surface area contributed by atoms with Gasteiger partial charge in [-0.15, -0.1) is 0 Å². The fourth-order valence-electron chi connectivity index (χ4n) is 1.35. The van der Waals surface area contributed by atoms with Crippen LogP contribution in [0, 0.1) is 9.49 Å². The second-order valence-electron chi connectivity index (χ2n) is 3.92. The number of aryl methyl sites for hydroxylation is 1. The lowest BCUT2D eigenvalue weighted by Crippen LogP contribution is -2.26. The van der Waals surface area contributed by atoms with Gasteiger partial charge in [0.15, 0.2) is 0 Å². The molecule has 0 bridgehead atoms. The molecule has 0 unspecified atom stereocenters. The van der Waals surface area contributed by atoms with Gasteiger partial charge in [-0.2, -0.15) is 5.10 Å². The summed E-state index contributed by atoms with van der Waals surface area (Å²) < 4.78 is 2.91. The van der Waals surface area contributed by atoms with Crippen LogP contribution in [0.1, 0.15) is 19.3 Å². The third-order valence-corrected chi connectivity index (χ3v) is 3.01. The zero-order valence-electron chi connectivity index (χ0n) is 8.45. The lowest BCUT2D eigenvalue weighted by molar-refractivity contribution is -0.121. The average Bonchev–Trinajstić information content (AvgIpc) is 2.95. The maximum absolute atomic E-state index is 11.4. The van der Waals surface area contributed by atoms with E-state index >= 15 is 0 Å². The van der Waals surface area contributed by atoms with E-state index in [2.05, 4.69) is 33.0 Å². The van der Waals surface area contributed by atoms with Gasteiger partial charge in [0, 0.05) is 25.7 Å². The van der Waals surface area contributed by atoms with E-state index in [0.717, 1.165) is 16.0 Å². The van der Waals surface area contributed by atoms with Gasteiger partial charge in [0.1, 0.15) is 0 Å². The molecule has 2 rings (SSSR count). The number of halogens is 1. The molecule has 1 N–H and O–H groups in total. The van der Waals surface area contributed by atoms with Crippen molar-refractivity contribution in [3.05, 3.63) is 16.0 Å². The zero-order valence-corrected chi connectivity index (χ0v) is 10.6. The van der Waals surface area contributed by atoms with Crippen molar-refractivity contribution in [2.75, 3.05) is 6.54 Å². The molecule has 0 atom stereocenters.